The van der Waals surface area contributed by atoms with Gasteiger partial charge in [-0.15, -0.1) is 0 Å². The van der Waals surface area contributed by atoms with Crippen LogP contribution < -0.4 is 25.4 Å². The summed E-state index contributed by atoms with van der Waals surface area (Å²) in [6.07, 6.45) is 1.66. The number of nitrogens with zero attached hydrogens (tertiary/aromatic N) is 2. The summed E-state index contributed by atoms with van der Waals surface area (Å²) in [5, 5.41) is 10.9. The fraction of sp³-hybridized carbons (Fsp3) is 0.206. The lowest BCUT2D eigenvalue weighted by Gasteiger charge is -2.21. The summed E-state index contributed by atoms with van der Waals surface area (Å²) in [7, 11) is 1.59. The number of anilines is 3. The van der Waals surface area contributed by atoms with Gasteiger partial charge in [-0.1, -0.05) is 81.4 Å². The summed E-state index contributed by atoms with van der Waals surface area (Å²) in [4.78, 5) is 22.0. The number of methoxy groups -OCH3 is 1. The monoisotopic (exact) mass is 561 g/mol. The number of urea groups is 1. The van der Waals surface area contributed by atoms with Crippen LogP contribution in [0.2, 0.25) is 0 Å². The standard InChI is InChI=1S/C34H35N5O3/c1-22(23-11-7-6-8-12-23)36-32-35-20-19-31(39-32)42-29-18-16-27(25-13-9-10-14-26(25)29)37-33(40)38-28-21-24(34(2,3)4)15-17-30(28)41-5/h6-22H,1-5H3,(H,35,36,39)(H2,37,38,40). The Bertz CT molecular complexity index is 1700. The second kappa shape index (κ2) is 12.2. The van der Waals surface area contributed by atoms with Crippen LogP contribution in [0.25, 0.3) is 10.8 Å². The van der Waals surface area contributed by atoms with Gasteiger partial charge in [0, 0.05) is 23.0 Å². The first-order valence-corrected chi connectivity index (χ1v) is 13.8. The Hall–Kier alpha value is -5.11. The zero-order chi connectivity index (χ0) is 29.7. The summed E-state index contributed by atoms with van der Waals surface area (Å²) in [5.41, 5.74) is 3.38. The van der Waals surface area contributed by atoms with E-state index >= 15 is 0 Å². The highest BCUT2D eigenvalue weighted by molar-refractivity contribution is 6.08. The maximum atomic E-state index is 13.1. The Kier molecular flexibility index (Phi) is 8.24. The number of hydrogen-bond donors (Lipinski definition) is 3. The van der Waals surface area contributed by atoms with Gasteiger partial charge in [0.05, 0.1) is 24.5 Å². The highest BCUT2D eigenvalue weighted by Crippen LogP contribution is 2.35. The van der Waals surface area contributed by atoms with E-state index in [0.29, 0.717) is 34.7 Å². The molecule has 0 aliphatic heterocycles. The molecule has 0 saturated heterocycles. The number of rotatable bonds is 8. The van der Waals surface area contributed by atoms with Crippen molar-refractivity contribution in [1.82, 2.24) is 9.97 Å². The molecule has 0 fully saturated rings. The fourth-order valence-corrected chi connectivity index (χ4v) is 4.62. The highest BCUT2D eigenvalue weighted by Gasteiger charge is 2.18. The van der Waals surface area contributed by atoms with Gasteiger partial charge in [-0.2, -0.15) is 4.98 Å². The van der Waals surface area contributed by atoms with Crippen LogP contribution in [0.15, 0.2) is 97.2 Å². The molecular weight excluding hydrogens is 526 g/mol. The number of amides is 2. The third kappa shape index (κ3) is 6.61. The lowest BCUT2D eigenvalue weighted by Crippen LogP contribution is -2.21. The van der Waals surface area contributed by atoms with Gasteiger partial charge in [-0.25, -0.2) is 9.78 Å². The predicted octanol–water partition coefficient (Wildman–Crippen LogP) is 8.55. The van der Waals surface area contributed by atoms with E-state index in [2.05, 4.69) is 65.7 Å². The van der Waals surface area contributed by atoms with Crippen LogP contribution >= 0.6 is 0 Å². The third-order valence-corrected chi connectivity index (χ3v) is 6.94. The molecule has 214 valence electrons. The van der Waals surface area contributed by atoms with Crippen molar-refractivity contribution in [1.29, 1.82) is 0 Å². The van der Waals surface area contributed by atoms with E-state index in [1.54, 1.807) is 19.4 Å². The zero-order valence-corrected chi connectivity index (χ0v) is 24.4. The number of carbonyl (C=O) groups is 1. The van der Waals surface area contributed by atoms with E-state index in [1.165, 1.54) is 0 Å². The second-order valence-corrected chi connectivity index (χ2v) is 11.0. The number of carbonyl (C=O) groups excluding carboxylic acids is 1. The maximum Gasteiger partial charge on any atom is 0.323 e. The van der Waals surface area contributed by atoms with Gasteiger partial charge < -0.3 is 25.4 Å². The van der Waals surface area contributed by atoms with Crippen LogP contribution in [-0.4, -0.2) is 23.1 Å². The van der Waals surface area contributed by atoms with Crippen molar-refractivity contribution < 1.29 is 14.3 Å². The van der Waals surface area contributed by atoms with Crippen molar-refractivity contribution in [3.63, 3.8) is 0 Å². The molecule has 3 N–H and O–H groups in total. The summed E-state index contributed by atoms with van der Waals surface area (Å²) in [5.74, 6) is 2.07. The molecule has 1 unspecified atom stereocenters. The minimum atomic E-state index is -0.378. The molecule has 8 heteroatoms. The molecular formula is C34H35N5O3. The zero-order valence-electron chi connectivity index (χ0n) is 24.4. The lowest BCUT2D eigenvalue weighted by molar-refractivity contribution is 0.262. The van der Waals surface area contributed by atoms with Crippen LogP contribution in [0.4, 0.5) is 22.1 Å². The van der Waals surface area contributed by atoms with E-state index < -0.39 is 0 Å². The van der Waals surface area contributed by atoms with Crippen LogP contribution in [0.3, 0.4) is 0 Å². The number of hydrogen-bond acceptors (Lipinski definition) is 6. The lowest BCUT2D eigenvalue weighted by atomic mass is 9.87. The van der Waals surface area contributed by atoms with Gasteiger partial charge in [-0.05, 0) is 47.7 Å². The molecule has 0 saturated carbocycles. The Labute approximate surface area is 246 Å². The number of nitrogens with one attached hydrogen (secondary N) is 3. The average molecular weight is 562 g/mol. The van der Waals surface area contributed by atoms with E-state index in [9.17, 15) is 4.79 Å². The average Bonchev–Trinajstić information content (AvgIpc) is 2.98. The molecule has 1 heterocycles. The minimum absolute atomic E-state index is 0.0229. The smallest absolute Gasteiger partial charge is 0.323 e. The number of aromatic nitrogens is 2. The van der Waals surface area contributed by atoms with Crippen molar-refractivity contribution in [3.8, 4) is 17.4 Å². The molecule has 0 radical (unpaired) electrons. The second-order valence-electron chi connectivity index (χ2n) is 11.0. The molecule has 1 aromatic heterocycles. The molecule has 2 amide bonds. The highest BCUT2D eigenvalue weighted by atomic mass is 16.5. The summed E-state index contributed by atoms with van der Waals surface area (Å²) in [6, 6.07) is 28.7. The van der Waals surface area contributed by atoms with Crippen LogP contribution in [0.1, 0.15) is 44.9 Å². The SMILES string of the molecule is COc1ccc(C(C)(C)C)cc1NC(=O)Nc1ccc(Oc2ccnc(NC(C)c3ccccc3)n2)c2ccccc12. The van der Waals surface area contributed by atoms with Crippen LogP contribution in [-0.2, 0) is 5.41 Å². The van der Waals surface area contributed by atoms with Gasteiger partial charge in [-0.3, -0.25) is 0 Å². The molecule has 4 aromatic carbocycles. The van der Waals surface area contributed by atoms with Crippen LogP contribution in [0.5, 0.6) is 17.4 Å². The van der Waals surface area contributed by atoms with Crippen molar-refractivity contribution in [2.45, 2.75) is 39.2 Å². The van der Waals surface area contributed by atoms with Crippen molar-refractivity contribution >= 4 is 34.1 Å². The number of ether oxygens (including phenoxy) is 2. The number of fused-ring (bicyclic) bond motifs is 1. The normalized spacial score (nSPS) is 11.9. The third-order valence-electron chi connectivity index (χ3n) is 6.94. The Balaban J connectivity index is 1.34. The maximum absolute atomic E-state index is 13.1. The Morgan fingerprint density at radius 2 is 1.50 bits per heavy atom. The van der Waals surface area contributed by atoms with E-state index in [4.69, 9.17) is 9.47 Å². The quantitative estimate of drug-likeness (QED) is 0.176. The van der Waals surface area contributed by atoms with E-state index in [1.807, 2.05) is 72.8 Å². The van der Waals surface area contributed by atoms with Gasteiger partial charge in [0.15, 0.2) is 0 Å². The fourth-order valence-electron chi connectivity index (χ4n) is 4.62. The Morgan fingerprint density at radius 3 is 2.24 bits per heavy atom. The molecule has 0 spiro atoms. The van der Waals surface area contributed by atoms with Gasteiger partial charge >= 0.3 is 6.03 Å². The van der Waals surface area contributed by atoms with Gasteiger partial charge in [0.2, 0.25) is 11.8 Å². The topological polar surface area (TPSA) is 97.4 Å². The van der Waals surface area contributed by atoms with Crippen molar-refractivity contribution in [2.24, 2.45) is 0 Å². The summed E-state index contributed by atoms with van der Waals surface area (Å²) < 4.78 is 11.7. The molecule has 0 bridgehead atoms. The first kappa shape index (κ1) is 28.4. The molecule has 5 aromatic rings. The molecule has 0 aliphatic carbocycles. The molecule has 8 nitrogen and oxygen atoms in total. The van der Waals surface area contributed by atoms with Crippen LogP contribution in [0, 0.1) is 0 Å². The van der Waals surface area contributed by atoms with Gasteiger partial charge in [0.1, 0.15) is 11.5 Å². The first-order chi connectivity index (χ1) is 20.2. The predicted molar refractivity (Wildman–Crippen MR) is 169 cm³/mol. The largest absolute Gasteiger partial charge is 0.495 e. The van der Waals surface area contributed by atoms with Crippen molar-refractivity contribution in [3.05, 3.63) is 108 Å². The minimum Gasteiger partial charge on any atom is -0.495 e. The summed E-state index contributed by atoms with van der Waals surface area (Å²) >= 11 is 0. The Morgan fingerprint density at radius 1 is 0.810 bits per heavy atom. The summed E-state index contributed by atoms with van der Waals surface area (Å²) in [6.45, 7) is 8.42. The van der Waals surface area contributed by atoms with E-state index in [0.717, 1.165) is 21.9 Å². The van der Waals surface area contributed by atoms with Gasteiger partial charge in [0.25, 0.3) is 0 Å². The molecule has 5 rings (SSSR count). The number of benzene rings is 4. The molecule has 0 aliphatic rings. The first-order valence-electron chi connectivity index (χ1n) is 13.8. The van der Waals surface area contributed by atoms with Crippen molar-refractivity contribution in [2.75, 3.05) is 23.1 Å². The van der Waals surface area contributed by atoms with E-state index in [-0.39, 0.29) is 17.5 Å². The molecule has 42 heavy (non-hydrogen) atoms. The molecule has 1 atom stereocenters.